The van der Waals surface area contributed by atoms with Crippen LogP contribution in [-0.2, 0) is 9.63 Å². The number of halogens is 2. The lowest BCUT2D eigenvalue weighted by molar-refractivity contribution is -0.143. The number of benzene rings is 1. The van der Waals surface area contributed by atoms with Gasteiger partial charge in [-0.05, 0) is 49.8 Å². The van der Waals surface area contributed by atoms with Gasteiger partial charge in [0.1, 0.15) is 0 Å². The highest BCUT2D eigenvalue weighted by atomic mass is 19.2. The number of oxime groups is 1. The van der Waals surface area contributed by atoms with Crippen molar-refractivity contribution in [1.82, 2.24) is 0 Å². The number of unbranched alkanes of at least 4 members (excludes halogenated alkanes) is 11. The Morgan fingerprint density at radius 3 is 2.10 bits per heavy atom. The summed E-state index contributed by atoms with van der Waals surface area (Å²) in [5, 5.41) is 3.53. The van der Waals surface area contributed by atoms with Crippen molar-refractivity contribution in [2.75, 3.05) is 0 Å². The maximum atomic E-state index is 13.1. The molecule has 0 aliphatic rings. The van der Waals surface area contributed by atoms with Crippen LogP contribution in [0.25, 0.3) is 0 Å². The zero-order valence-electron chi connectivity index (χ0n) is 18.4. The lowest BCUT2D eigenvalue weighted by Gasteiger charge is -2.01. The summed E-state index contributed by atoms with van der Waals surface area (Å²) in [7, 11) is 0. The Bertz CT molecular complexity index is 644. The second-order valence-corrected chi connectivity index (χ2v) is 7.71. The Labute approximate surface area is 180 Å². The molecular weight excluding hydrogens is 384 g/mol. The Hall–Kier alpha value is -2.04. The van der Waals surface area contributed by atoms with Crippen LogP contribution < -0.4 is 0 Å². The van der Waals surface area contributed by atoms with Gasteiger partial charge in [-0.1, -0.05) is 81.7 Å². The van der Waals surface area contributed by atoms with E-state index >= 15 is 0 Å². The van der Waals surface area contributed by atoms with Gasteiger partial charge in [-0.15, -0.1) is 0 Å². The maximum Gasteiger partial charge on any atom is 0.335 e. The monoisotopic (exact) mass is 421 g/mol. The van der Waals surface area contributed by atoms with E-state index in [2.05, 4.69) is 24.2 Å². The second kappa shape index (κ2) is 17.8. The van der Waals surface area contributed by atoms with Gasteiger partial charge in [0, 0.05) is 6.42 Å². The summed E-state index contributed by atoms with van der Waals surface area (Å²) in [5.41, 5.74) is 0.337. The Kier molecular flexibility index (Phi) is 15.4. The van der Waals surface area contributed by atoms with Crippen molar-refractivity contribution in [3.8, 4) is 0 Å². The van der Waals surface area contributed by atoms with Gasteiger partial charge in [-0.3, -0.25) is 0 Å². The molecule has 1 aromatic carbocycles. The third-order valence-corrected chi connectivity index (χ3v) is 4.94. The maximum absolute atomic E-state index is 13.1. The fourth-order valence-corrected chi connectivity index (χ4v) is 3.12. The molecule has 0 aliphatic carbocycles. The molecule has 0 fully saturated rings. The predicted octanol–water partition coefficient (Wildman–Crippen LogP) is 7.88. The first-order chi connectivity index (χ1) is 14.6. The van der Waals surface area contributed by atoms with Crippen LogP contribution in [-0.4, -0.2) is 12.2 Å². The number of carbonyl (C=O) groups excluding carboxylic acids is 1. The van der Waals surface area contributed by atoms with E-state index in [9.17, 15) is 13.6 Å². The van der Waals surface area contributed by atoms with Gasteiger partial charge < -0.3 is 4.84 Å². The number of carbonyl (C=O) groups is 1. The van der Waals surface area contributed by atoms with Crippen LogP contribution in [0.15, 0.2) is 35.5 Å². The van der Waals surface area contributed by atoms with E-state index in [1.54, 1.807) is 0 Å². The SMILES string of the molecule is CCCCCCC/C=C\CCCCCCCCC(=O)O/N=C\c1ccc(F)c(F)c1. The molecule has 0 bridgehead atoms. The quantitative estimate of drug-likeness (QED) is 0.0843. The molecule has 0 amide bonds. The van der Waals surface area contributed by atoms with E-state index in [4.69, 9.17) is 4.84 Å². The molecule has 0 radical (unpaired) electrons. The van der Waals surface area contributed by atoms with Crippen LogP contribution in [0.2, 0.25) is 0 Å². The standard InChI is InChI=1S/C25H37F2NO2/c1-2-3-4-5-6-7-8-9-10-11-12-13-14-15-16-17-25(29)30-28-21-22-18-19-23(26)24(27)20-22/h8-9,18-21H,2-7,10-17H2,1H3/b9-8-,28-21-. The topological polar surface area (TPSA) is 38.7 Å². The summed E-state index contributed by atoms with van der Waals surface area (Å²) in [4.78, 5) is 16.4. The summed E-state index contributed by atoms with van der Waals surface area (Å²) in [6.45, 7) is 2.24. The summed E-state index contributed by atoms with van der Waals surface area (Å²) in [6, 6.07) is 3.36. The van der Waals surface area contributed by atoms with E-state index in [1.165, 1.54) is 70.1 Å². The molecule has 5 heteroatoms. The zero-order chi connectivity index (χ0) is 21.9. The first-order valence-electron chi connectivity index (χ1n) is 11.5. The lowest BCUT2D eigenvalue weighted by Crippen LogP contribution is -2.00. The molecule has 1 aromatic rings. The fraction of sp³-hybridized carbons (Fsp3) is 0.600. The van der Waals surface area contributed by atoms with Crippen molar-refractivity contribution in [2.45, 2.75) is 96.8 Å². The highest BCUT2D eigenvalue weighted by Gasteiger charge is 2.03. The average molecular weight is 422 g/mol. The molecule has 0 unspecified atom stereocenters. The smallest absolute Gasteiger partial charge is 0.318 e. The van der Waals surface area contributed by atoms with Gasteiger partial charge in [0.05, 0.1) is 6.21 Å². The van der Waals surface area contributed by atoms with Gasteiger partial charge in [-0.25, -0.2) is 13.6 Å². The minimum atomic E-state index is -0.959. The van der Waals surface area contributed by atoms with E-state index in [0.717, 1.165) is 37.8 Å². The van der Waals surface area contributed by atoms with Crippen LogP contribution in [0.1, 0.15) is 102 Å². The highest BCUT2D eigenvalue weighted by Crippen LogP contribution is 2.11. The minimum Gasteiger partial charge on any atom is -0.318 e. The lowest BCUT2D eigenvalue weighted by atomic mass is 10.1. The second-order valence-electron chi connectivity index (χ2n) is 7.71. The molecule has 0 N–H and O–H groups in total. The van der Waals surface area contributed by atoms with E-state index in [0.29, 0.717) is 12.0 Å². The summed E-state index contributed by atoms with van der Waals surface area (Å²) in [6.07, 6.45) is 21.8. The molecule has 0 aliphatic heterocycles. The number of hydrogen-bond acceptors (Lipinski definition) is 3. The molecule has 0 saturated carbocycles. The summed E-state index contributed by atoms with van der Waals surface area (Å²) >= 11 is 0. The molecule has 0 aromatic heterocycles. The Morgan fingerprint density at radius 1 is 0.867 bits per heavy atom. The summed E-state index contributed by atoms with van der Waals surface area (Å²) < 4.78 is 25.9. The first kappa shape index (κ1) is 26.0. The van der Waals surface area contributed by atoms with Gasteiger partial charge >= 0.3 is 5.97 Å². The van der Waals surface area contributed by atoms with Crippen molar-refractivity contribution in [3.05, 3.63) is 47.5 Å². The van der Waals surface area contributed by atoms with Crippen LogP contribution >= 0.6 is 0 Å². The van der Waals surface area contributed by atoms with Gasteiger partial charge in [-0.2, -0.15) is 0 Å². The van der Waals surface area contributed by atoms with Crippen molar-refractivity contribution < 1.29 is 18.4 Å². The molecule has 0 heterocycles. The van der Waals surface area contributed by atoms with E-state index in [-0.39, 0.29) is 0 Å². The molecule has 0 saturated heterocycles. The Morgan fingerprint density at radius 2 is 1.47 bits per heavy atom. The first-order valence-corrected chi connectivity index (χ1v) is 11.5. The molecule has 0 atom stereocenters. The van der Waals surface area contributed by atoms with Crippen molar-refractivity contribution in [2.24, 2.45) is 5.16 Å². The van der Waals surface area contributed by atoms with Crippen molar-refractivity contribution >= 4 is 12.2 Å². The highest BCUT2D eigenvalue weighted by molar-refractivity contribution is 5.80. The molecule has 1 rings (SSSR count). The third-order valence-electron chi connectivity index (χ3n) is 4.94. The molecule has 168 valence electrons. The van der Waals surface area contributed by atoms with Crippen LogP contribution in [0.4, 0.5) is 8.78 Å². The third kappa shape index (κ3) is 14.0. The van der Waals surface area contributed by atoms with Gasteiger partial charge in [0.25, 0.3) is 0 Å². The van der Waals surface area contributed by atoms with E-state index < -0.39 is 17.6 Å². The normalized spacial score (nSPS) is 11.6. The predicted molar refractivity (Wildman–Crippen MR) is 119 cm³/mol. The largest absolute Gasteiger partial charge is 0.335 e. The number of rotatable bonds is 17. The number of nitrogens with zero attached hydrogens (tertiary/aromatic N) is 1. The molecular formula is C25H37F2NO2. The van der Waals surface area contributed by atoms with E-state index in [1.807, 2.05) is 0 Å². The van der Waals surface area contributed by atoms with Crippen molar-refractivity contribution in [3.63, 3.8) is 0 Å². The molecule has 3 nitrogen and oxygen atoms in total. The summed E-state index contributed by atoms with van der Waals surface area (Å²) in [5.74, 6) is -2.29. The van der Waals surface area contributed by atoms with Crippen molar-refractivity contribution in [1.29, 1.82) is 0 Å². The van der Waals surface area contributed by atoms with Crippen LogP contribution in [0.3, 0.4) is 0 Å². The average Bonchev–Trinajstić information content (AvgIpc) is 2.73. The van der Waals surface area contributed by atoms with Gasteiger partial charge in [0.2, 0.25) is 0 Å². The minimum absolute atomic E-state index is 0.316. The number of hydrogen-bond donors (Lipinski definition) is 0. The van der Waals surface area contributed by atoms with Gasteiger partial charge in [0.15, 0.2) is 11.6 Å². The molecule has 30 heavy (non-hydrogen) atoms. The van der Waals surface area contributed by atoms with Crippen LogP contribution in [0, 0.1) is 11.6 Å². The van der Waals surface area contributed by atoms with Crippen LogP contribution in [0.5, 0.6) is 0 Å². The number of allylic oxidation sites excluding steroid dienone is 2. The Balaban J connectivity index is 1.92. The molecule has 0 spiro atoms. The zero-order valence-corrected chi connectivity index (χ0v) is 18.4. The fourth-order valence-electron chi connectivity index (χ4n) is 3.12.